The monoisotopic (exact) mass is 492 g/mol. The van der Waals surface area contributed by atoms with Gasteiger partial charge in [0.05, 0.1) is 18.7 Å². The topological polar surface area (TPSA) is 110 Å². The van der Waals surface area contributed by atoms with Crippen LogP contribution < -0.4 is 10.6 Å². The molecule has 1 saturated heterocycles. The van der Waals surface area contributed by atoms with Gasteiger partial charge in [0.1, 0.15) is 5.82 Å². The molecule has 0 radical (unpaired) electrons. The summed E-state index contributed by atoms with van der Waals surface area (Å²) in [6.07, 6.45) is 1.44. The first-order valence-electron chi connectivity index (χ1n) is 11.3. The van der Waals surface area contributed by atoms with Crippen LogP contribution in [0.1, 0.15) is 27.6 Å². The number of pyridine rings is 1. The van der Waals surface area contributed by atoms with Crippen molar-refractivity contribution in [2.75, 3.05) is 25.6 Å². The van der Waals surface area contributed by atoms with Gasteiger partial charge in [-0.1, -0.05) is 24.3 Å². The summed E-state index contributed by atoms with van der Waals surface area (Å²) in [5.74, 6) is -1.19. The molecule has 1 aliphatic heterocycles. The van der Waals surface area contributed by atoms with Crippen molar-refractivity contribution in [3.05, 3.63) is 95.6 Å². The maximum atomic E-state index is 13.7. The standard InChI is InChI=1S/C26H25FN4O5/c1-35-13-12-29-25(33)22-23(36-26(34)31(22)16-17-4-2-6-20(27)14-17)18-7-9-21(10-8-18)30-24(32)19-5-3-11-28-15-19/h2-11,14-15,22-23H,12-13,16H2,1H3,(H,29,33)(H,30,32)/t22-,23-/m1/s1. The van der Waals surface area contributed by atoms with Gasteiger partial charge in [-0.3, -0.25) is 19.5 Å². The third-order valence-electron chi connectivity index (χ3n) is 5.62. The van der Waals surface area contributed by atoms with Crippen LogP contribution in [0.3, 0.4) is 0 Å². The fourth-order valence-electron chi connectivity index (χ4n) is 3.88. The zero-order valence-electron chi connectivity index (χ0n) is 19.5. The number of carbonyl (C=O) groups is 3. The average molecular weight is 493 g/mol. The fourth-order valence-corrected chi connectivity index (χ4v) is 3.88. The van der Waals surface area contributed by atoms with Gasteiger partial charge in [-0.05, 0) is 47.5 Å². The lowest BCUT2D eigenvalue weighted by molar-refractivity contribution is -0.126. The van der Waals surface area contributed by atoms with E-state index in [4.69, 9.17) is 9.47 Å². The number of nitrogens with one attached hydrogen (secondary N) is 2. The van der Waals surface area contributed by atoms with Crippen molar-refractivity contribution in [3.8, 4) is 0 Å². The molecule has 0 saturated carbocycles. The molecule has 1 aliphatic rings. The predicted molar refractivity (Wildman–Crippen MR) is 128 cm³/mol. The minimum atomic E-state index is -0.992. The molecule has 2 atom stereocenters. The molecule has 4 rings (SSSR count). The summed E-state index contributed by atoms with van der Waals surface area (Å²) in [7, 11) is 1.52. The van der Waals surface area contributed by atoms with Gasteiger partial charge in [-0.2, -0.15) is 0 Å². The molecule has 36 heavy (non-hydrogen) atoms. The number of rotatable bonds is 9. The second-order valence-electron chi connectivity index (χ2n) is 8.11. The lowest BCUT2D eigenvalue weighted by Crippen LogP contribution is -2.47. The number of anilines is 1. The number of methoxy groups -OCH3 is 1. The molecule has 0 bridgehead atoms. The van der Waals surface area contributed by atoms with Crippen LogP contribution in [0.25, 0.3) is 0 Å². The fraction of sp³-hybridized carbons (Fsp3) is 0.231. The van der Waals surface area contributed by atoms with Crippen molar-refractivity contribution in [1.29, 1.82) is 0 Å². The number of halogens is 1. The molecule has 1 aromatic heterocycles. The summed E-state index contributed by atoms with van der Waals surface area (Å²) >= 11 is 0. The van der Waals surface area contributed by atoms with E-state index in [1.165, 1.54) is 36.4 Å². The maximum absolute atomic E-state index is 13.7. The summed E-state index contributed by atoms with van der Waals surface area (Å²) < 4.78 is 24.3. The lowest BCUT2D eigenvalue weighted by Gasteiger charge is -2.24. The van der Waals surface area contributed by atoms with Crippen molar-refractivity contribution in [1.82, 2.24) is 15.2 Å². The van der Waals surface area contributed by atoms with Gasteiger partial charge in [0.15, 0.2) is 12.1 Å². The van der Waals surface area contributed by atoms with E-state index in [2.05, 4.69) is 15.6 Å². The first-order chi connectivity index (χ1) is 17.5. The number of amides is 3. The highest BCUT2D eigenvalue weighted by Gasteiger charge is 2.46. The molecule has 10 heteroatoms. The minimum Gasteiger partial charge on any atom is -0.438 e. The van der Waals surface area contributed by atoms with Crippen molar-refractivity contribution in [3.63, 3.8) is 0 Å². The van der Waals surface area contributed by atoms with Crippen molar-refractivity contribution in [2.45, 2.75) is 18.7 Å². The lowest BCUT2D eigenvalue weighted by atomic mass is 10.00. The molecule has 0 unspecified atom stereocenters. The van der Waals surface area contributed by atoms with Crippen molar-refractivity contribution in [2.24, 2.45) is 0 Å². The van der Waals surface area contributed by atoms with Gasteiger partial charge < -0.3 is 20.1 Å². The van der Waals surface area contributed by atoms with Crippen LogP contribution in [0.5, 0.6) is 0 Å². The van der Waals surface area contributed by atoms with Crippen molar-refractivity contribution >= 4 is 23.6 Å². The van der Waals surface area contributed by atoms with E-state index in [0.29, 0.717) is 29.0 Å². The summed E-state index contributed by atoms with van der Waals surface area (Å²) in [6.45, 7) is 0.543. The van der Waals surface area contributed by atoms with Crippen LogP contribution in [0.4, 0.5) is 14.9 Å². The molecule has 2 N–H and O–H groups in total. The summed E-state index contributed by atoms with van der Waals surface area (Å²) in [6, 6.07) is 14.8. The zero-order valence-corrected chi connectivity index (χ0v) is 19.5. The Morgan fingerprint density at radius 1 is 1.14 bits per heavy atom. The highest BCUT2D eigenvalue weighted by molar-refractivity contribution is 6.04. The third kappa shape index (κ3) is 5.84. The smallest absolute Gasteiger partial charge is 0.411 e. The number of nitrogens with zero attached hydrogens (tertiary/aromatic N) is 2. The molecule has 2 aromatic carbocycles. The Morgan fingerprint density at radius 2 is 1.94 bits per heavy atom. The van der Waals surface area contributed by atoms with E-state index >= 15 is 0 Å². The van der Waals surface area contributed by atoms with Crippen molar-refractivity contribution < 1.29 is 28.2 Å². The maximum Gasteiger partial charge on any atom is 0.411 e. The quantitative estimate of drug-likeness (QED) is 0.444. The SMILES string of the molecule is COCCNC(=O)[C@H]1[C@@H](c2ccc(NC(=O)c3cccnc3)cc2)OC(=O)N1Cc1cccc(F)c1. The van der Waals surface area contributed by atoms with Gasteiger partial charge in [-0.15, -0.1) is 0 Å². The molecule has 3 aromatic rings. The predicted octanol–water partition coefficient (Wildman–Crippen LogP) is 3.30. The molecular formula is C26H25FN4O5. The Kier molecular flexibility index (Phi) is 7.86. The van der Waals surface area contributed by atoms with Crippen LogP contribution in [-0.2, 0) is 20.8 Å². The molecule has 9 nitrogen and oxygen atoms in total. The Morgan fingerprint density at radius 3 is 2.64 bits per heavy atom. The van der Waals surface area contributed by atoms with Gasteiger partial charge in [0.2, 0.25) is 5.91 Å². The van der Waals surface area contributed by atoms with Gasteiger partial charge in [0, 0.05) is 31.7 Å². The first-order valence-corrected chi connectivity index (χ1v) is 11.3. The molecular weight excluding hydrogens is 467 g/mol. The van der Waals surface area contributed by atoms with Crippen LogP contribution >= 0.6 is 0 Å². The van der Waals surface area contributed by atoms with E-state index in [-0.39, 0.29) is 19.0 Å². The van der Waals surface area contributed by atoms with Gasteiger partial charge in [0.25, 0.3) is 5.91 Å². The number of hydrogen-bond acceptors (Lipinski definition) is 6. The first kappa shape index (κ1) is 24.8. The number of aromatic nitrogens is 1. The number of benzene rings is 2. The van der Waals surface area contributed by atoms with Crippen LogP contribution in [-0.4, -0.2) is 54.1 Å². The Bertz CT molecular complexity index is 1220. The minimum absolute atomic E-state index is 0.00525. The van der Waals surface area contributed by atoms with Crippen LogP contribution in [0, 0.1) is 5.82 Å². The number of hydrogen-bond donors (Lipinski definition) is 2. The Hall–Kier alpha value is -4.31. The Balaban J connectivity index is 1.54. The van der Waals surface area contributed by atoms with E-state index < -0.39 is 30.0 Å². The second kappa shape index (κ2) is 11.4. The van der Waals surface area contributed by atoms with E-state index in [1.54, 1.807) is 48.7 Å². The van der Waals surface area contributed by atoms with Crippen LogP contribution in [0.2, 0.25) is 0 Å². The summed E-state index contributed by atoms with van der Waals surface area (Å²) in [5, 5.41) is 5.53. The number of ether oxygens (including phenoxy) is 2. The second-order valence-corrected chi connectivity index (χ2v) is 8.11. The van der Waals surface area contributed by atoms with E-state index in [0.717, 1.165) is 0 Å². The largest absolute Gasteiger partial charge is 0.438 e. The summed E-state index contributed by atoms with van der Waals surface area (Å²) in [4.78, 5) is 43.5. The summed E-state index contributed by atoms with van der Waals surface area (Å²) in [5.41, 5.74) is 2.02. The van der Waals surface area contributed by atoms with Crippen LogP contribution in [0.15, 0.2) is 73.1 Å². The number of cyclic esters (lactones) is 1. The highest BCUT2D eigenvalue weighted by atomic mass is 19.1. The molecule has 1 fully saturated rings. The van der Waals surface area contributed by atoms with E-state index in [1.807, 2.05) is 0 Å². The van der Waals surface area contributed by atoms with E-state index in [9.17, 15) is 18.8 Å². The highest BCUT2D eigenvalue weighted by Crippen LogP contribution is 2.34. The molecule has 186 valence electrons. The molecule has 3 amide bonds. The van der Waals surface area contributed by atoms with Gasteiger partial charge in [-0.25, -0.2) is 9.18 Å². The molecule has 2 heterocycles. The molecule has 0 aliphatic carbocycles. The average Bonchev–Trinajstić information content (AvgIpc) is 3.21. The zero-order chi connectivity index (χ0) is 25.5. The van der Waals surface area contributed by atoms with Gasteiger partial charge >= 0.3 is 6.09 Å². The third-order valence-corrected chi connectivity index (χ3v) is 5.62. The Labute approximate surface area is 207 Å². The number of carbonyl (C=O) groups excluding carboxylic acids is 3. The molecule has 0 spiro atoms. The normalized spacial score (nSPS) is 16.9.